The van der Waals surface area contributed by atoms with Crippen molar-refractivity contribution in [1.29, 1.82) is 0 Å². The molecule has 1 atom stereocenters. The van der Waals surface area contributed by atoms with Gasteiger partial charge in [0.1, 0.15) is 0 Å². The highest BCUT2D eigenvalue weighted by molar-refractivity contribution is 7.98. The molecule has 1 amide bonds. The van der Waals surface area contributed by atoms with Crippen LogP contribution in [-0.2, 0) is 11.2 Å². The SMILES string of the molecule is CSCCCNC(=O)C(N)CCc1ccccc1. The van der Waals surface area contributed by atoms with E-state index in [4.69, 9.17) is 5.73 Å². The molecule has 0 aromatic heterocycles. The first-order valence-corrected chi connectivity index (χ1v) is 7.69. The molecule has 18 heavy (non-hydrogen) atoms. The molecule has 0 saturated carbocycles. The fourth-order valence-electron chi connectivity index (χ4n) is 1.66. The Hall–Kier alpha value is -1.00. The summed E-state index contributed by atoms with van der Waals surface area (Å²) in [6, 6.07) is 9.71. The van der Waals surface area contributed by atoms with Gasteiger partial charge >= 0.3 is 0 Å². The molecule has 0 saturated heterocycles. The highest BCUT2D eigenvalue weighted by Gasteiger charge is 2.12. The average Bonchev–Trinajstić information content (AvgIpc) is 2.42. The van der Waals surface area contributed by atoms with Crippen LogP contribution in [0, 0.1) is 0 Å². The van der Waals surface area contributed by atoms with Crippen LogP contribution in [0.5, 0.6) is 0 Å². The Labute approximate surface area is 114 Å². The predicted octanol–water partition coefficient (Wildman–Crippen LogP) is 1.82. The number of nitrogens with one attached hydrogen (secondary N) is 1. The first kappa shape index (κ1) is 15.1. The second kappa shape index (κ2) is 9.00. The summed E-state index contributed by atoms with van der Waals surface area (Å²) in [5.41, 5.74) is 7.09. The van der Waals surface area contributed by atoms with Crippen molar-refractivity contribution in [2.45, 2.75) is 25.3 Å². The van der Waals surface area contributed by atoms with Crippen molar-refractivity contribution >= 4 is 17.7 Å². The average molecular weight is 266 g/mol. The Morgan fingerprint density at radius 3 is 2.78 bits per heavy atom. The number of aryl methyl sites for hydroxylation is 1. The van der Waals surface area contributed by atoms with E-state index in [0.717, 1.165) is 25.1 Å². The first-order valence-electron chi connectivity index (χ1n) is 6.30. The second-order valence-corrected chi connectivity index (χ2v) is 5.25. The lowest BCUT2D eigenvalue weighted by molar-refractivity contribution is -0.122. The first-order chi connectivity index (χ1) is 8.74. The number of rotatable bonds is 8. The van der Waals surface area contributed by atoms with Crippen LogP contribution in [0.25, 0.3) is 0 Å². The third-order valence-electron chi connectivity index (χ3n) is 2.75. The van der Waals surface area contributed by atoms with E-state index in [2.05, 4.69) is 23.7 Å². The number of carbonyl (C=O) groups excluding carboxylic acids is 1. The number of nitrogens with two attached hydrogens (primary N) is 1. The van der Waals surface area contributed by atoms with Crippen LogP contribution in [0.4, 0.5) is 0 Å². The van der Waals surface area contributed by atoms with E-state index in [1.807, 2.05) is 18.2 Å². The summed E-state index contributed by atoms with van der Waals surface area (Å²) in [6.45, 7) is 0.721. The van der Waals surface area contributed by atoms with Gasteiger partial charge in [0.2, 0.25) is 5.91 Å². The Morgan fingerprint density at radius 1 is 1.39 bits per heavy atom. The van der Waals surface area contributed by atoms with Crippen molar-refractivity contribution in [1.82, 2.24) is 5.32 Å². The molecular weight excluding hydrogens is 244 g/mol. The molecule has 100 valence electrons. The van der Waals surface area contributed by atoms with Crippen LogP contribution in [0.3, 0.4) is 0 Å². The Balaban J connectivity index is 2.19. The largest absolute Gasteiger partial charge is 0.355 e. The zero-order chi connectivity index (χ0) is 13.2. The molecule has 0 aliphatic carbocycles. The van der Waals surface area contributed by atoms with E-state index in [1.54, 1.807) is 11.8 Å². The quantitative estimate of drug-likeness (QED) is 0.706. The minimum absolute atomic E-state index is 0.0352. The molecule has 1 rings (SSSR count). The summed E-state index contributed by atoms with van der Waals surface area (Å²) in [6.07, 6.45) is 4.60. The van der Waals surface area contributed by atoms with Crippen LogP contribution in [0.1, 0.15) is 18.4 Å². The molecule has 0 fully saturated rings. The molecule has 0 aliphatic rings. The highest BCUT2D eigenvalue weighted by atomic mass is 32.2. The van der Waals surface area contributed by atoms with Gasteiger partial charge in [0.25, 0.3) is 0 Å². The van der Waals surface area contributed by atoms with Crippen LogP contribution in [0.15, 0.2) is 30.3 Å². The molecule has 1 aromatic carbocycles. The lowest BCUT2D eigenvalue weighted by Crippen LogP contribution is -2.41. The van der Waals surface area contributed by atoms with Gasteiger partial charge in [-0.1, -0.05) is 30.3 Å². The molecule has 0 heterocycles. The van der Waals surface area contributed by atoms with E-state index in [9.17, 15) is 4.79 Å². The van der Waals surface area contributed by atoms with Crippen molar-refractivity contribution in [2.24, 2.45) is 5.73 Å². The number of amides is 1. The molecule has 0 spiro atoms. The Kier molecular flexibility index (Phi) is 7.53. The molecule has 3 nitrogen and oxygen atoms in total. The summed E-state index contributed by atoms with van der Waals surface area (Å²) >= 11 is 1.79. The van der Waals surface area contributed by atoms with Crippen molar-refractivity contribution < 1.29 is 4.79 Å². The fourth-order valence-corrected chi connectivity index (χ4v) is 2.09. The number of benzene rings is 1. The summed E-state index contributed by atoms with van der Waals surface area (Å²) in [4.78, 5) is 11.7. The fraction of sp³-hybridized carbons (Fsp3) is 0.500. The topological polar surface area (TPSA) is 55.1 Å². The molecular formula is C14H22N2OS. The van der Waals surface area contributed by atoms with Crippen molar-refractivity contribution in [3.05, 3.63) is 35.9 Å². The molecule has 0 aliphatic heterocycles. The van der Waals surface area contributed by atoms with Crippen molar-refractivity contribution in [3.8, 4) is 0 Å². The van der Waals surface area contributed by atoms with Gasteiger partial charge in [-0.25, -0.2) is 0 Å². The zero-order valence-corrected chi connectivity index (χ0v) is 11.7. The van der Waals surface area contributed by atoms with E-state index in [0.29, 0.717) is 6.42 Å². The smallest absolute Gasteiger partial charge is 0.236 e. The zero-order valence-electron chi connectivity index (χ0n) is 10.9. The minimum Gasteiger partial charge on any atom is -0.355 e. The maximum atomic E-state index is 11.7. The highest BCUT2D eigenvalue weighted by Crippen LogP contribution is 2.04. The van der Waals surface area contributed by atoms with Gasteiger partial charge in [-0.15, -0.1) is 0 Å². The summed E-state index contributed by atoms with van der Waals surface area (Å²) in [5.74, 6) is 1.03. The Bertz CT molecular complexity index is 343. The number of hydrogen-bond donors (Lipinski definition) is 2. The van der Waals surface area contributed by atoms with Gasteiger partial charge in [0.15, 0.2) is 0 Å². The van der Waals surface area contributed by atoms with Crippen LogP contribution in [-0.4, -0.2) is 30.5 Å². The van der Waals surface area contributed by atoms with E-state index < -0.39 is 6.04 Å². The number of carbonyl (C=O) groups is 1. The maximum Gasteiger partial charge on any atom is 0.236 e. The van der Waals surface area contributed by atoms with Gasteiger partial charge in [-0.3, -0.25) is 4.79 Å². The monoisotopic (exact) mass is 266 g/mol. The molecule has 4 heteroatoms. The number of hydrogen-bond acceptors (Lipinski definition) is 3. The lowest BCUT2D eigenvalue weighted by Gasteiger charge is -2.12. The van der Waals surface area contributed by atoms with Gasteiger partial charge in [0.05, 0.1) is 6.04 Å². The summed E-state index contributed by atoms with van der Waals surface area (Å²) < 4.78 is 0. The normalized spacial score (nSPS) is 12.1. The van der Waals surface area contributed by atoms with Crippen molar-refractivity contribution in [2.75, 3.05) is 18.6 Å². The molecule has 3 N–H and O–H groups in total. The van der Waals surface area contributed by atoms with Crippen molar-refractivity contribution in [3.63, 3.8) is 0 Å². The van der Waals surface area contributed by atoms with E-state index >= 15 is 0 Å². The molecule has 0 radical (unpaired) electrons. The molecule has 0 bridgehead atoms. The van der Waals surface area contributed by atoms with Crippen LogP contribution >= 0.6 is 11.8 Å². The minimum atomic E-state index is -0.403. The van der Waals surface area contributed by atoms with Gasteiger partial charge in [0, 0.05) is 6.54 Å². The standard InChI is InChI=1S/C14H22N2OS/c1-18-11-5-10-16-14(17)13(15)9-8-12-6-3-2-4-7-12/h2-4,6-7,13H,5,8-11,15H2,1H3,(H,16,17). The lowest BCUT2D eigenvalue weighted by atomic mass is 10.1. The summed E-state index contributed by atoms with van der Waals surface area (Å²) in [5, 5.41) is 2.88. The number of thioether (sulfide) groups is 1. The van der Waals surface area contributed by atoms with Gasteiger partial charge < -0.3 is 11.1 Å². The third kappa shape index (κ3) is 6.07. The van der Waals surface area contributed by atoms with Gasteiger partial charge in [-0.05, 0) is 36.8 Å². The van der Waals surface area contributed by atoms with E-state index in [-0.39, 0.29) is 5.91 Å². The Morgan fingerprint density at radius 2 is 2.11 bits per heavy atom. The van der Waals surface area contributed by atoms with Crippen LogP contribution in [0.2, 0.25) is 0 Å². The maximum absolute atomic E-state index is 11.7. The molecule has 1 aromatic rings. The third-order valence-corrected chi connectivity index (χ3v) is 3.45. The second-order valence-electron chi connectivity index (χ2n) is 4.27. The van der Waals surface area contributed by atoms with E-state index in [1.165, 1.54) is 5.56 Å². The van der Waals surface area contributed by atoms with Crippen LogP contribution < -0.4 is 11.1 Å². The summed E-state index contributed by atoms with van der Waals surface area (Å²) in [7, 11) is 0. The van der Waals surface area contributed by atoms with Gasteiger partial charge in [-0.2, -0.15) is 11.8 Å². The predicted molar refractivity (Wildman–Crippen MR) is 78.7 cm³/mol. The molecule has 1 unspecified atom stereocenters.